The summed E-state index contributed by atoms with van der Waals surface area (Å²) in [6.07, 6.45) is 3.19. The first-order valence-electron chi connectivity index (χ1n) is 6.56. The second-order valence-electron chi connectivity index (χ2n) is 4.95. The molecule has 1 saturated carbocycles. The lowest BCUT2D eigenvalue weighted by Crippen LogP contribution is -2.21. The zero-order valence-corrected chi connectivity index (χ0v) is 11.0. The summed E-state index contributed by atoms with van der Waals surface area (Å²) in [6.45, 7) is 0.838. The molecule has 0 spiro atoms. The molecule has 2 unspecified atom stereocenters. The van der Waals surface area contributed by atoms with Gasteiger partial charge in [-0.05, 0) is 30.7 Å². The highest BCUT2D eigenvalue weighted by Gasteiger charge is 2.26. The van der Waals surface area contributed by atoms with E-state index >= 15 is 0 Å². The predicted octanol–water partition coefficient (Wildman–Crippen LogP) is 1.68. The van der Waals surface area contributed by atoms with Crippen molar-refractivity contribution >= 4 is 11.5 Å². The molecule has 7 heteroatoms. The minimum atomic E-state index is -0.617. The van der Waals surface area contributed by atoms with Gasteiger partial charge in [-0.15, -0.1) is 0 Å². The van der Waals surface area contributed by atoms with E-state index in [4.69, 9.17) is 5.26 Å². The van der Waals surface area contributed by atoms with Crippen LogP contribution in [0, 0.1) is 33.3 Å². The summed E-state index contributed by atoms with van der Waals surface area (Å²) in [5, 5.41) is 31.9. The van der Waals surface area contributed by atoms with Gasteiger partial charge in [0.05, 0.1) is 4.92 Å². The van der Waals surface area contributed by atoms with Gasteiger partial charge in [-0.25, -0.2) is 4.98 Å². The fourth-order valence-electron chi connectivity index (χ4n) is 2.64. The van der Waals surface area contributed by atoms with Crippen molar-refractivity contribution in [3.05, 3.63) is 27.9 Å². The molecule has 7 nitrogen and oxygen atoms in total. The van der Waals surface area contributed by atoms with Crippen LogP contribution in [0.5, 0.6) is 0 Å². The van der Waals surface area contributed by atoms with Gasteiger partial charge in [0.15, 0.2) is 0 Å². The number of nitriles is 1. The van der Waals surface area contributed by atoms with Crippen LogP contribution in [-0.4, -0.2) is 28.2 Å². The maximum atomic E-state index is 10.7. The summed E-state index contributed by atoms with van der Waals surface area (Å²) in [7, 11) is 0. The number of hydrogen-bond donors (Lipinski definition) is 2. The van der Waals surface area contributed by atoms with Crippen molar-refractivity contribution in [1.82, 2.24) is 4.98 Å². The van der Waals surface area contributed by atoms with E-state index in [0.717, 1.165) is 19.3 Å². The van der Waals surface area contributed by atoms with E-state index in [1.165, 1.54) is 12.1 Å². The third kappa shape index (κ3) is 3.03. The van der Waals surface area contributed by atoms with Gasteiger partial charge < -0.3 is 10.4 Å². The van der Waals surface area contributed by atoms with E-state index in [0.29, 0.717) is 24.2 Å². The van der Waals surface area contributed by atoms with Crippen LogP contribution in [0.15, 0.2) is 12.1 Å². The molecule has 20 heavy (non-hydrogen) atoms. The molecule has 0 amide bonds. The number of anilines is 1. The molecule has 1 heterocycles. The summed E-state index contributed by atoms with van der Waals surface area (Å²) in [6, 6.07) is 4.52. The standard InChI is InChI=1S/C13H16N4O3/c14-6-11-12(17(19)20)4-5-13(16-11)15-7-9-2-1-3-10(9)8-18/h4-5,9-10,18H,1-3,7-8H2,(H,15,16). The van der Waals surface area contributed by atoms with Crippen LogP contribution in [0.1, 0.15) is 25.0 Å². The Morgan fingerprint density at radius 2 is 2.25 bits per heavy atom. The summed E-state index contributed by atoms with van der Waals surface area (Å²) in [5.41, 5.74) is -0.475. The molecule has 106 valence electrons. The summed E-state index contributed by atoms with van der Waals surface area (Å²) < 4.78 is 0. The minimum absolute atomic E-state index is 0.184. The van der Waals surface area contributed by atoms with Gasteiger partial charge in [-0.3, -0.25) is 10.1 Å². The molecule has 0 aromatic carbocycles. The smallest absolute Gasteiger partial charge is 0.305 e. The Kier molecular flexibility index (Phi) is 4.48. The van der Waals surface area contributed by atoms with Gasteiger partial charge in [-0.1, -0.05) is 6.42 Å². The minimum Gasteiger partial charge on any atom is -0.396 e. The van der Waals surface area contributed by atoms with E-state index in [1.807, 2.05) is 0 Å². The quantitative estimate of drug-likeness (QED) is 0.625. The van der Waals surface area contributed by atoms with Gasteiger partial charge in [0.2, 0.25) is 5.69 Å². The lowest BCUT2D eigenvalue weighted by atomic mass is 9.97. The van der Waals surface area contributed by atoms with Gasteiger partial charge in [-0.2, -0.15) is 5.26 Å². The largest absolute Gasteiger partial charge is 0.396 e. The molecule has 1 aliphatic rings. The third-order valence-electron chi connectivity index (χ3n) is 3.77. The van der Waals surface area contributed by atoms with E-state index in [2.05, 4.69) is 10.3 Å². The molecule has 1 fully saturated rings. The third-order valence-corrected chi connectivity index (χ3v) is 3.77. The number of nitro groups is 1. The lowest BCUT2D eigenvalue weighted by molar-refractivity contribution is -0.385. The Balaban J connectivity index is 2.03. The maximum absolute atomic E-state index is 10.7. The lowest BCUT2D eigenvalue weighted by Gasteiger charge is -2.18. The summed E-state index contributed by atoms with van der Waals surface area (Å²) >= 11 is 0. The Morgan fingerprint density at radius 1 is 1.50 bits per heavy atom. The van der Waals surface area contributed by atoms with Crippen molar-refractivity contribution in [1.29, 1.82) is 5.26 Å². The molecule has 0 radical (unpaired) electrons. The Morgan fingerprint density at radius 3 is 2.90 bits per heavy atom. The second-order valence-corrected chi connectivity index (χ2v) is 4.95. The SMILES string of the molecule is N#Cc1nc(NCC2CCCC2CO)ccc1[N+](=O)[O-]. The van der Waals surface area contributed by atoms with Crippen molar-refractivity contribution in [2.24, 2.45) is 11.8 Å². The highest BCUT2D eigenvalue weighted by molar-refractivity contribution is 5.50. The van der Waals surface area contributed by atoms with Crippen molar-refractivity contribution < 1.29 is 10.0 Å². The highest BCUT2D eigenvalue weighted by atomic mass is 16.6. The van der Waals surface area contributed by atoms with Gasteiger partial charge in [0.25, 0.3) is 0 Å². The Labute approximate surface area is 116 Å². The number of nitrogens with one attached hydrogen (secondary N) is 1. The van der Waals surface area contributed by atoms with Crippen LogP contribution in [0.2, 0.25) is 0 Å². The molecule has 2 rings (SSSR count). The average Bonchev–Trinajstić information content (AvgIpc) is 2.92. The fraction of sp³-hybridized carbons (Fsp3) is 0.538. The first-order valence-corrected chi connectivity index (χ1v) is 6.56. The second kappa shape index (κ2) is 6.30. The van der Waals surface area contributed by atoms with Crippen LogP contribution in [0.25, 0.3) is 0 Å². The molecule has 0 aliphatic heterocycles. The zero-order valence-electron chi connectivity index (χ0n) is 11.0. The molecule has 2 atom stereocenters. The molecule has 0 saturated heterocycles. The fourth-order valence-corrected chi connectivity index (χ4v) is 2.64. The number of pyridine rings is 1. The first kappa shape index (κ1) is 14.2. The van der Waals surface area contributed by atoms with Crippen LogP contribution >= 0.6 is 0 Å². The number of aliphatic hydroxyl groups excluding tert-OH is 1. The summed E-state index contributed by atoms with van der Waals surface area (Å²) in [4.78, 5) is 14.0. The van der Waals surface area contributed by atoms with Crippen molar-refractivity contribution in [3.63, 3.8) is 0 Å². The zero-order chi connectivity index (χ0) is 14.5. The number of aliphatic hydroxyl groups is 1. The number of hydrogen-bond acceptors (Lipinski definition) is 6. The van der Waals surface area contributed by atoms with Gasteiger partial charge >= 0.3 is 5.69 Å². The molecular formula is C13H16N4O3. The number of aromatic nitrogens is 1. The average molecular weight is 276 g/mol. The monoisotopic (exact) mass is 276 g/mol. The highest BCUT2D eigenvalue weighted by Crippen LogP contribution is 2.31. The maximum Gasteiger partial charge on any atom is 0.305 e. The normalized spacial score (nSPS) is 21.4. The van der Waals surface area contributed by atoms with Crippen molar-refractivity contribution in [2.45, 2.75) is 19.3 Å². The summed E-state index contributed by atoms with van der Waals surface area (Å²) in [5.74, 6) is 1.13. The van der Waals surface area contributed by atoms with Crippen LogP contribution in [-0.2, 0) is 0 Å². The first-order chi connectivity index (χ1) is 9.65. The van der Waals surface area contributed by atoms with Crippen molar-refractivity contribution in [2.75, 3.05) is 18.5 Å². The number of rotatable bonds is 5. The Bertz CT molecular complexity index is 541. The van der Waals surface area contributed by atoms with E-state index in [1.54, 1.807) is 6.07 Å². The van der Waals surface area contributed by atoms with E-state index in [-0.39, 0.29) is 18.0 Å². The predicted molar refractivity (Wildman–Crippen MR) is 72.0 cm³/mol. The van der Waals surface area contributed by atoms with Crippen LogP contribution < -0.4 is 5.32 Å². The van der Waals surface area contributed by atoms with Crippen LogP contribution in [0.3, 0.4) is 0 Å². The molecule has 2 N–H and O–H groups in total. The molecule has 1 aliphatic carbocycles. The topological polar surface area (TPSA) is 112 Å². The molecule has 1 aromatic rings. The molecular weight excluding hydrogens is 260 g/mol. The van der Waals surface area contributed by atoms with E-state index in [9.17, 15) is 15.2 Å². The van der Waals surface area contributed by atoms with Gasteiger partial charge in [0.1, 0.15) is 11.9 Å². The number of nitrogens with zero attached hydrogens (tertiary/aromatic N) is 3. The molecule has 1 aromatic heterocycles. The van der Waals surface area contributed by atoms with Crippen LogP contribution in [0.4, 0.5) is 11.5 Å². The van der Waals surface area contributed by atoms with Gasteiger partial charge in [0, 0.05) is 19.2 Å². The van der Waals surface area contributed by atoms with Crippen molar-refractivity contribution in [3.8, 4) is 6.07 Å². The molecule has 0 bridgehead atoms. The van der Waals surface area contributed by atoms with E-state index < -0.39 is 4.92 Å². The Hall–Kier alpha value is -2.20.